The molecule has 4 nitrogen and oxygen atoms in total. The summed E-state index contributed by atoms with van der Waals surface area (Å²) in [6.45, 7) is 3.73. The Morgan fingerprint density at radius 1 is 1.22 bits per heavy atom. The van der Waals surface area contributed by atoms with Crippen LogP contribution in [0.1, 0.15) is 18.5 Å². The molecule has 0 aliphatic heterocycles. The van der Waals surface area contributed by atoms with E-state index in [1.54, 1.807) is 20.1 Å². The van der Waals surface area contributed by atoms with Gasteiger partial charge in [-0.05, 0) is 25.1 Å². The first kappa shape index (κ1) is 14.9. The van der Waals surface area contributed by atoms with Crippen molar-refractivity contribution in [3.8, 4) is 5.75 Å². The van der Waals surface area contributed by atoms with Crippen LogP contribution in [0.3, 0.4) is 0 Å². The second kappa shape index (κ2) is 8.02. The molecule has 0 aromatic heterocycles. The molecule has 5 heteroatoms. The van der Waals surface area contributed by atoms with Crippen LogP contribution in [0.15, 0.2) is 18.2 Å². The topological polar surface area (TPSA) is 53.7 Å². The molecule has 0 heterocycles. The SMILES string of the molecule is COCCOCCOc1ccc(F)cc1C(C)N. The highest BCUT2D eigenvalue weighted by Crippen LogP contribution is 2.24. The van der Waals surface area contributed by atoms with Gasteiger partial charge in [0.15, 0.2) is 0 Å². The van der Waals surface area contributed by atoms with E-state index in [1.807, 2.05) is 0 Å². The summed E-state index contributed by atoms with van der Waals surface area (Å²) in [6.07, 6.45) is 0. The molecule has 102 valence electrons. The van der Waals surface area contributed by atoms with Crippen molar-refractivity contribution < 1.29 is 18.6 Å². The van der Waals surface area contributed by atoms with Crippen molar-refractivity contribution in [1.82, 2.24) is 0 Å². The van der Waals surface area contributed by atoms with Gasteiger partial charge in [0.05, 0.1) is 19.8 Å². The average Bonchev–Trinajstić information content (AvgIpc) is 2.35. The normalized spacial score (nSPS) is 12.4. The summed E-state index contributed by atoms with van der Waals surface area (Å²) in [5.74, 6) is 0.285. The van der Waals surface area contributed by atoms with Crippen LogP contribution in [0.5, 0.6) is 5.75 Å². The lowest BCUT2D eigenvalue weighted by atomic mass is 10.1. The zero-order chi connectivity index (χ0) is 13.4. The molecule has 2 N–H and O–H groups in total. The third-order valence-electron chi connectivity index (χ3n) is 2.38. The number of hydrogen-bond donors (Lipinski definition) is 1. The fourth-order valence-electron chi connectivity index (χ4n) is 1.46. The fraction of sp³-hybridized carbons (Fsp3) is 0.538. The van der Waals surface area contributed by atoms with E-state index < -0.39 is 0 Å². The molecule has 0 aliphatic carbocycles. The summed E-state index contributed by atoms with van der Waals surface area (Å²) in [6, 6.07) is 4.06. The number of methoxy groups -OCH3 is 1. The second-order valence-corrected chi connectivity index (χ2v) is 3.92. The third kappa shape index (κ3) is 5.00. The highest BCUT2D eigenvalue weighted by atomic mass is 19.1. The Balaban J connectivity index is 2.42. The van der Waals surface area contributed by atoms with E-state index in [9.17, 15) is 4.39 Å². The van der Waals surface area contributed by atoms with Gasteiger partial charge in [-0.1, -0.05) is 0 Å². The molecule has 0 amide bonds. The Hall–Kier alpha value is -1.17. The minimum Gasteiger partial charge on any atom is -0.491 e. The number of nitrogens with two attached hydrogens (primary N) is 1. The molecule has 1 atom stereocenters. The molecule has 0 aliphatic rings. The Kier molecular flexibility index (Phi) is 6.64. The quantitative estimate of drug-likeness (QED) is 0.722. The lowest BCUT2D eigenvalue weighted by molar-refractivity contribution is 0.0542. The molecule has 0 saturated heterocycles. The Morgan fingerprint density at radius 3 is 2.61 bits per heavy atom. The van der Waals surface area contributed by atoms with Gasteiger partial charge in [0, 0.05) is 18.7 Å². The number of ether oxygens (including phenoxy) is 3. The molecule has 0 spiro atoms. The molecule has 1 aromatic carbocycles. The van der Waals surface area contributed by atoms with E-state index in [-0.39, 0.29) is 11.9 Å². The molecule has 0 radical (unpaired) electrons. The van der Waals surface area contributed by atoms with Crippen LogP contribution in [0.25, 0.3) is 0 Å². The molecular weight excluding hydrogens is 237 g/mol. The smallest absolute Gasteiger partial charge is 0.124 e. The van der Waals surface area contributed by atoms with Crippen molar-refractivity contribution in [1.29, 1.82) is 0 Å². The number of halogens is 1. The van der Waals surface area contributed by atoms with Crippen LogP contribution in [0.2, 0.25) is 0 Å². The Morgan fingerprint density at radius 2 is 1.94 bits per heavy atom. The first-order chi connectivity index (χ1) is 8.65. The number of hydrogen-bond acceptors (Lipinski definition) is 4. The summed E-state index contributed by atoms with van der Waals surface area (Å²) in [5, 5.41) is 0. The largest absolute Gasteiger partial charge is 0.491 e. The van der Waals surface area contributed by atoms with E-state index in [1.165, 1.54) is 12.1 Å². The first-order valence-electron chi connectivity index (χ1n) is 5.89. The van der Waals surface area contributed by atoms with Crippen LogP contribution in [-0.4, -0.2) is 33.5 Å². The van der Waals surface area contributed by atoms with Gasteiger partial charge in [-0.2, -0.15) is 0 Å². The summed E-state index contributed by atoms with van der Waals surface area (Å²) in [7, 11) is 1.62. The molecule has 0 bridgehead atoms. The minimum absolute atomic E-state index is 0.273. The number of benzene rings is 1. The summed E-state index contributed by atoms with van der Waals surface area (Å²) >= 11 is 0. The van der Waals surface area contributed by atoms with Crippen LogP contribution in [0.4, 0.5) is 4.39 Å². The van der Waals surface area contributed by atoms with Gasteiger partial charge in [-0.15, -0.1) is 0 Å². The maximum atomic E-state index is 13.1. The van der Waals surface area contributed by atoms with Gasteiger partial charge < -0.3 is 19.9 Å². The Labute approximate surface area is 107 Å². The van der Waals surface area contributed by atoms with Crippen molar-refractivity contribution in [3.05, 3.63) is 29.6 Å². The monoisotopic (exact) mass is 257 g/mol. The van der Waals surface area contributed by atoms with Gasteiger partial charge in [-0.25, -0.2) is 4.39 Å². The zero-order valence-corrected chi connectivity index (χ0v) is 10.8. The van der Waals surface area contributed by atoms with E-state index >= 15 is 0 Å². The Bertz CT molecular complexity index is 358. The van der Waals surface area contributed by atoms with Crippen LogP contribution >= 0.6 is 0 Å². The van der Waals surface area contributed by atoms with Gasteiger partial charge >= 0.3 is 0 Å². The standard InChI is InChI=1S/C13H20FNO3/c1-10(15)12-9-11(14)3-4-13(12)18-8-7-17-6-5-16-2/h3-4,9-10H,5-8,15H2,1-2H3. The molecule has 0 fully saturated rings. The molecule has 18 heavy (non-hydrogen) atoms. The summed E-state index contributed by atoms with van der Waals surface area (Å²) < 4.78 is 28.7. The molecule has 0 saturated carbocycles. The lowest BCUT2D eigenvalue weighted by Gasteiger charge is -2.14. The van der Waals surface area contributed by atoms with Gasteiger partial charge in [0.25, 0.3) is 0 Å². The van der Waals surface area contributed by atoms with E-state index in [0.29, 0.717) is 37.7 Å². The second-order valence-electron chi connectivity index (χ2n) is 3.92. The van der Waals surface area contributed by atoms with Crippen molar-refractivity contribution >= 4 is 0 Å². The van der Waals surface area contributed by atoms with Crippen molar-refractivity contribution in [3.63, 3.8) is 0 Å². The lowest BCUT2D eigenvalue weighted by Crippen LogP contribution is -2.13. The predicted octanol–water partition coefficient (Wildman–Crippen LogP) is 1.89. The van der Waals surface area contributed by atoms with Crippen molar-refractivity contribution in [2.45, 2.75) is 13.0 Å². The van der Waals surface area contributed by atoms with Crippen molar-refractivity contribution in [2.75, 3.05) is 33.5 Å². The van der Waals surface area contributed by atoms with E-state index in [0.717, 1.165) is 0 Å². The third-order valence-corrected chi connectivity index (χ3v) is 2.38. The molecule has 1 aromatic rings. The number of rotatable bonds is 8. The predicted molar refractivity (Wildman–Crippen MR) is 67.2 cm³/mol. The van der Waals surface area contributed by atoms with Crippen molar-refractivity contribution in [2.24, 2.45) is 5.73 Å². The molecule has 1 rings (SSSR count). The summed E-state index contributed by atoms with van der Waals surface area (Å²) in [4.78, 5) is 0. The van der Waals surface area contributed by atoms with E-state index in [4.69, 9.17) is 19.9 Å². The van der Waals surface area contributed by atoms with Crippen LogP contribution in [0, 0.1) is 5.82 Å². The van der Waals surface area contributed by atoms with Gasteiger partial charge in [0.1, 0.15) is 18.2 Å². The average molecular weight is 257 g/mol. The maximum Gasteiger partial charge on any atom is 0.124 e. The van der Waals surface area contributed by atoms with E-state index in [2.05, 4.69) is 0 Å². The highest BCUT2D eigenvalue weighted by Gasteiger charge is 2.09. The zero-order valence-electron chi connectivity index (χ0n) is 10.8. The van der Waals surface area contributed by atoms with Gasteiger partial charge in [-0.3, -0.25) is 0 Å². The maximum absolute atomic E-state index is 13.1. The van der Waals surface area contributed by atoms with Crippen LogP contribution < -0.4 is 10.5 Å². The van der Waals surface area contributed by atoms with Gasteiger partial charge in [0.2, 0.25) is 0 Å². The molecule has 1 unspecified atom stereocenters. The van der Waals surface area contributed by atoms with Crippen LogP contribution in [-0.2, 0) is 9.47 Å². The summed E-state index contributed by atoms with van der Waals surface area (Å²) in [5.41, 5.74) is 6.42. The molecular formula is C13H20FNO3. The minimum atomic E-state index is -0.314. The fourth-order valence-corrected chi connectivity index (χ4v) is 1.46. The first-order valence-corrected chi connectivity index (χ1v) is 5.89. The highest BCUT2D eigenvalue weighted by molar-refractivity contribution is 5.36.